The van der Waals surface area contributed by atoms with Crippen molar-refractivity contribution in [3.05, 3.63) is 30.1 Å². The van der Waals surface area contributed by atoms with Crippen LogP contribution in [0.15, 0.2) is 24.4 Å². The summed E-state index contributed by atoms with van der Waals surface area (Å²) < 4.78 is 19.6. The summed E-state index contributed by atoms with van der Waals surface area (Å²) in [6.45, 7) is 8.48. The second kappa shape index (κ2) is 7.87. The highest BCUT2D eigenvalue weighted by atomic mass is 31.2. The molecular formula is C16H29N2O2PSi. The minimum Gasteiger partial charge on any atom is -0.369 e. The molecule has 0 aromatic carbocycles. The van der Waals surface area contributed by atoms with Crippen molar-refractivity contribution in [3.8, 4) is 0 Å². The second-order valence-electron chi connectivity index (χ2n) is 7.13. The molecule has 4 nitrogen and oxygen atoms in total. The Kier molecular flexibility index (Phi) is 6.39. The Labute approximate surface area is 135 Å². The number of nitrogens with zero attached hydrogens (tertiary/aromatic N) is 2. The van der Waals surface area contributed by atoms with E-state index in [0.717, 1.165) is 25.2 Å². The van der Waals surface area contributed by atoms with E-state index in [0.29, 0.717) is 12.4 Å². The molecule has 1 fully saturated rings. The van der Waals surface area contributed by atoms with Gasteiger partial charge in [0.15, 0.2) is 8.32 Å². The molecule has 124 valence electrons. The van der Waals surface area contributed by atoms with Gasteiger partial charge in [-0.25, -0.2) is 0 Å². The number of pyridine rings is 1. The Morgan fingerprint density at radius 1 is 1.23 bits per heavy atom. The van der Waals surface area contributed by atoms with Crippen LogP contribution in [-0.4, -0.2) is 43.7 Å². The first-order chi connectivity index (χ1) is 10.4. The third kappa shape index (κ3) is 6.33. The van der Waals surface area contributed by atoms with Gasteiger partial charge in [0.25, 0.3) is 0 Å². The van der Waals surface area contributed by atoms with E-state index >= 15 is 0 Å². The van der Waals surface area contributed by atoms with Gasteiger partial charge in [0.2, 0.25) is 7.37 Å². The summed E-state index contributed by atoms with van der Waals surface area (Å²) in [5.41, 5.74) is 1.00. The van der Waals surface area contributed by atoms with Gasteiger partial charge >= 0.3 is 0 Å². The van der Waals surface area contributed by atoms with E-state index in [2.05, 4.69) is 29.5 Å². The predicted molar refractivity (Wildman–Crippen MR) is 95.1 cm³/mol. The number of hydrogen-bond donors (Lipinski definition) is 0. The van der Waals surface area contributed by atoms with Crippen molar-refractivity contribution in [3.63, 3.8) is 0 Å². The van der Waals surface area contributed by atoms with Crippen LogP contribution in [0.1, 0.15) is 25.0 Å². The molecule has 1 aromatic rings. The monoisotopic (exact) mass is 340 g/mol. The van der Waals surface area contributed by atoms with E-state index in [1.165, 1.54) is 19.3 Å². The maximum atomic E-state index is 13.4. The number of aryl methyl sites for hydroxylation is 1. The van der Waals surface area contributed by atoms with Crippen molar-refractivity contribution in [2.45, 2.75) is 45.3 Å². The lowest BCUT2D eigenvalue weighted by Gasteiger charge is -2.33. The molecule has 6 heteroatoms. The van der Waals surface area contributed by atoms with E-state index in [-0.39, 0.29) is 0 Å². The van der Waals surface area contributed by atoms with Crippen LogP contribution in [0.25, 0.3) is 0 Å². The first-order valence-corrected chi connectivity index (χ1v) is 13.7. The Morgan fingerprint density at radius 2 is 1.95 bits per heavy atom. The SMILES string of the molecule is C[Si](C)(C)OP(=O)(CCc1ccccn1)CN1CCCCC1. The van der Waals surface area contributed by atoms with Crippen LogP contribution in [0.5, 0.6) is 0 Å². The first-order valence-electron chi connectivity index (χ1n) is 8.27. The van der Waals surface area contributed by atoms with Crippen LogP contribution >= 0.6 is 7.37 Å². The minimum atomic E-state index is -2.63. The maximum absolute atomic E-state index is 13.4. The average Bonchev–Trinajstić information content (AvgIpc) is 2.45. The van der Waals surface area contributed by atoms with Gasteiger partial charge in [-0.15, -0.1) is 0 Å². The van der Waals surface area contributed by atoms with Crippen molar-refractivity contribution in [1.82, 2.24) is 9.88 Å². The summed E-state index contributed by atoms with van der Waals surface area (Å²) >= 11 is 0. The highest BCUT2D eigenvalue weighted by Crippen LogP contribution is 2.50. The van der Waals surface area contributed by atoms with Gasteiger partial charge in [0, 0.05) is 18.1 Å². The lowest BCUT2D eigenvalue weighted by molar-refractivity contribution is 0.254. The summed E-state index contributed by atoms with van der Waals surface area (Å²) in [5, 5.41) is 0. The Bertz CT molecular complexity index is 499. The maximum Gasteiger partial charge on any atom is 0.207 e. The van der Waals surface area contributed by atoms with E-state index < -0.39 is 15.7 Å². The molecule has 2 heterocycles. The molecule has 1 unspecified atom stereocenters. The number of piperidine rings is 1. The highest BCUT2D eigenvalue weighted by Gasteiger charge is 2.32. The molecule has 1 aliphatic rings. The molecule has 0 radical (unpaired) electrons. The predicted octanol–water partition coefficient (Wildman–Crippen LogP) is 4.20. The summed E-state index contributed by atoms with van der Waals surface area (Å²) in [7, 11) is -4.45. The molecule has 0 spiro atoms. The van der Waals surface area contributed by atoms with Gasteiger partial charge in [-0.2, -0.15) is 0 Å². The molecule has 0 amide bonds. The summed E-state index contributed by atoms with van der Waals surface area (Å²) in [6, 6.07) is 5.90. The summed E-state index contributed by atoms with van der Waals surface area (Å²) in [6.07, 6.45) is 7.47. The van der Waals surface area contributed by atoms with Crippen LogP contribution in [0.4, 0.5) is 0 Å². The largest absolute Gasteiger partial charge is 0.369 e. The van der Waals surface area contributed by atoms with Crippen molar-refractivity contribution in [1.29, 1.82) is 0 Å². The van der Waals surface area contributed by atoms with Crippen molar-refractivity contribution < 1.29 is 8.78 Å². The third-order valence-corrected chi connectivity index (χ3v) is 9.00. The first kappa shape index (κ1) is 17.9. The zero-order chi connectivity index (χ0) is 16.1. The van der Waals surface area contributed by atoms with Gasteiger partial charge in [-0.3, -0.25) is 14.4 Å². The molecule has 1 saturated heterocycles. The summed E-state index contributed by atoms with van der Waals surface area (Å²) in [4.78, 5) is 6.68. The van der Waals surface area contributed by atoms with Crippen molar-refractivity contribution in [2.75, 3.05) is 25.5 Å². The van der Waals surface area contributed by atoms with Crippen LogP contribution in [0.3, 0.4) is 0 Å². The molecule has 0 N–H and O–H groups in total. The fraction of sp³-hybridized carbons (Fsp3) is 0.688. The molecule has 0 saturated carbocycles. The van der Waals surface area contributed by atoms with Gasteiger partial charge in [-0.1, -0.05) is 12.5 Å². The fourth-order valence-electron chi connectivity index (χ4n) is 2.88. The van der Waals surface area contributed by atoms with Gasteiger partial charge in [-0.05, 0) is 64.1 Å². The molecule has 0 aliphatic carbocycles. The van der Waals surface area contributed by atoms with Crippen molar-refractivity contribution in [2.24, 2.45) is 0 Å². The third-order valence-electron chi connectivity index (χ3n) is 3.74. The highest BCUT2D eigenvalue weighted by molar-refractivity contribution is 7.60. The standard InChI is InChI=1S/C16H29N2O2PSi/c1-22(2,3)20-21(19,15-18-12-7-4-8-13-18)14-10-16-9-5-6-11-17-16/h5-6,9,11H,4,7-8,10,12-15H2,1-3H3. The Balaban J connectivity index is 2.02. The topological polar surface area (TPSA) is 42.4 Å². The van der Waals surface area contributed by atoms with E-state index in [4.69, 9.17) is 4.21 Å². The minimum absolute atomic E-state index is 0.602. The van der Waals surface area contributed by atoms with E-state index in [1.807, 2.05) is 18.2 Å². The lowest BCUT2D eigenvalue weighted by atomic mass is 10.1. The zero-order valence-corrected chi connectivity index (χ0v) is 16.0. The molecular weight excluding hydrogens is 311 g/mol. The molecule has 1 atom stereocenters. The number of likely N-dealkylation sites (tertiary alicyclic amines) is 1. The molecule has 2 rings (SSSR count). The fourth-order valence-corrected chi connectivity index (χ4v) is 9.07. The number of aromatic nitrogens is 1. The average molecular weight is 340 g/mol. The van der Waals surface area contributed by atoms with E-state index in [9.17, 15) is 4.57 Å². The molecule has 1 aliphatic heterocycles. The normalized spacial score (nSPS) is 19.8. The summed E-state index contributed by atoms with van der Waals surface area (Å²) in [5.74, 6) is 0. The van der Waals surface area contributed by atoms with E-state index in [1.54, 1.807) is 6.20 Å². The Hall–Kier alpha value is -0.483. The molecule has 1 aromatic heterocycles. The zero-order valence-electron chi connectivity index (χ0n) is 14.1. The number of hydrogen-bond acceptors (Lipinski definition) is 4. The van der Waals surface area contributed by atoms with Gasteiger partial charge < -0.3 is 4.21 Å². The van der Waals surface area contributed by atoms with Gasteiger partial charge in [0.05, 0.1) is 6.29 Å². The number of rotatable bonds is 7. The smallest absolute Gasteiger partial charge is 0.207 e. The van der Waals surface area contributed by atoms with Crippen LogP contribution in [0, 0.1) is 0 Å². The molecule has 0 bridgehead atoms. The molecule has 22 heavy (non-hydrogen) atoms. The van der Waals surface area contributed by atoms with Crippen LogP contribution < -0.4 is 0 Å². The quantitative estimate of drug-likeness (QED) is 0.551. The van der Waals surface area contributed by atoms with Crippen LogP contribution in [-0.2, 0) is 15.2 Å². The van der Waals surface area contributed by atoms with Crippen molar-refractivity contribution >= 4 is 15.7 Å². The van der Waals surface area contributed by atoms with Gasteiger partial charge in [0.1, 0.15) is 0 Å². The lowest BCUT2D eigenvalue weighted by Crippen LogP contribution is -2.34. The van der Waals surface area contributed by atoms with Crippen LogP contribution in [0.2, 0.25) is 19.6 Å². The second-order valence-corrected chi connectivity index (χ2v) is 14.4. The Morgan fingerprint density at radius 3 is 2.55 bits per heavy atom.